The summed E-state index contributed by atoms with van der Waals surface area (Å²) in [5, 5.41) is 2.34. The van der Waals surface area contributed by atoms with Crippen LogP contribution in [0.1, 0.15) is 33.9 Å². The van der Waals surface area contributed by atoms with E-state index in [9.17, 15) is 0 Å². The van der Waals surface area contributed by atoms with Crippen LogP contribution >= 0.6 is 0 Å². The van der Waals surface area contributed by atoms with Crippen molar-refractivity contribution in [3.8, 4) is 39.1 Å². The van der Waals surface area contributed by atoms with E-state index in [1.807, 2.05) is 0 Å². The summed E-state index contributed by atoms with van der Waals surface area (Å²) in [4.78, 5) is 2.37. The van der Waals surface area contributed by atoms with Crippen LogP contribution in [0.4, 0.5) is 17.1 Å². The smallest absolute Gasteiger partial charge is 0.132 e. The molecule has 1 aliphatic heterocycles. The number of anilines is 3. The molecule has 2 aliphatic carbocycles. The van der Waals surface area contributed by atoms with E-state index < -0.39 is 5.41 Å². The number of ether oxygens (including phenoxy) is 1. The normalized spacial score (nSPS) is 18.0. The Hall–Kier alpha value is -7.42. The van der Waals surface area contributed by atoms with Gasteiger partial charge in [-0.05, 0) is 91.9 Å². The van der Waals surface area contributed by atoms with Gasteiger partial charge < -0.3 is 9.64 Å². The predicted molar refractivity (Wildman–Crippen MR) is 244 cm³/mol. The molecule has 0 radical (unpaired) electrons. The number of nitrogens with zero attached hydrogens (tertiary/aromatic N) is 1. The Bertz CT molecular complexity index is 3090. The molecular formula is C57H39NO. The molecule has 12 rings (SSSR count). The molecule has 9 aromatic rings. The van der Waals surface area contributed by atoms with Gasteiger partial charge in [0.1, 0.15) is 11.9 Å². The summed E-state index contributed by atoms with van der Waals surface area (Å²) in [5.74, 6) is 1.02. The third-order valence-electron chi connectivity index (χ3n) is 12.9. The van der Waals surface area contributed by atoms with Crippen molar-refractivity contribution in [1.29, 1.82) is 0 Å². The fourth-order valence-corrected chi connectivity index (χ4v) is 10.4. The second-order valence-corrected chi connectivity index (χ2v) is 15.9. The minimum atomic E-state index is -0.484. The molecule has 0 saturated carbocycles. The zero-order chi connectivity index (χ0) is 38.9. The average Bonchev–Trinajstić information content (AvgIpc) is 3.60. The molecule has 278 valence electrons. The monoisotopic (exact) mass is 753 g/mol. The Morgan fingerprint density at radius 3 is 1.97 bits per heavy atom. The van der Waals surface area contributed by atoms with Crippen LogP contribution in [0.15, 0.2) is 218 Å². The first kappa shape index (κ1) is 33.7. The third kappa shape index (κ3) is 5.06. The molecule has 0 fully saturated rings. The zero-order valence-corrected chi connectivity index (χ0v) is 32.4. The van der Waals surface area contributed by atoms with Crippen LogP contribution < -0.4 is 9.64 Å². The summed E-state index contributed by atoms with van der Waals surface area (Å²) < 4.78 is 7.31. The molecule has 0 saturated heterocycles. The third-order valence-corrected chi connectivity index (χ3v) is 12.9. The second kappa shape index (κ2) is 13.3. The van der Waals surface area contributed by atoms with Crippen LogP contribution in [0.3, 0.4) is 0 Å². The van der Waals surface area contributed by atoms with E-state index in [0.717, 1.165) is 28.2 Å². The summed E-state index contributed by atoms with van der Waals surface area (Å²) in [6.45, 7) is 0. The number of para-hydroxylation sites is 1. The molecule has 0 N–H and O–H groups in total. The Morgan fingerprint density at radius 1 is 0.441 bits per heavy atom. The SMILES string of the molecule is C1=CC2C(Oc3c(ccc4ccccc34)C23c2ccccc2-c2c(-c4cccc(N(c5ccccc5)c5ccc(-c6ccccc6)cc5)c4)cccc23)c2ccccc21. The summed E-state index contributed by atoms with van der Waals surface area (Å²) in [6.07, 6.45) is 4.60. The Labute approximate surface area is 345 Å². The van der Waals surface area contributed by atoms with Gasteiger partial charge in [-0.15, -0.1) is 0 Å². The molecular weight excluding hydrogens is 715 g/mol. The van der Waals surface area contributed by atoms with Crippen LogP contribution in [0.25, 0.3) is 50.2 Å². The van der Waals surface area contributed by atoms with Crippen molar-refractivity contribution in [2.45, 2.75) is 11.5 Å². The molecule has 0 amide bonds. The summed E-state index contributed by atoms with van der Waals surface area (Å²) in [6, 6.07) is 77.5. The van der Waals surface area contributed by atoms with Crippen LogP contribution in [0.5, 0.6) is 5.75 Å². The Morgan fingerprint density at radius 2 is 1.08 bits per heavy atom. The van der Waals surface area contributed by atoms with E-state index in [1.165, 1.54) is 66.6 Å². The van der Waals surface area contributed by atoms with Crippen LogP contribution in [-0.4, -0.2) is 0 Å². The van der Waals surface area contributed by atoms with E-state index in [2.05, 4.69) is 229 Å². The van der Waals surface area contributed by atoms with E-state index >= 15 is 0 Å². The van der Waals surface area contributed by atoms with Crippen molar-refractivity contribution in [1.82, 2.24) is 0 Å². The molecule has 0 bridgehead atoms. The lowest BCUT2D eigenvalue weighted by Gasteiger charge is -2.49. The largest absolute Gasteiger partial charge is 0.484 e. The number of fused-ring (bicyclic) bond motifs is 13. The van der Waals surface area contributed by atoms with Crippen LogP contribution in [-0.2, 0) is 5.41 Å². The highest BCUT2D eigenvalue weighted by molar-refractivity contribution is 5.98. The average molecular weight is 754 g/mol. The first-order valence-electron chi connectivity index (χ1n) is 20.6. The van der Waals surface area contributed by atoms with Crippen molar-refractivity contribution >= 4 is 33.9 Å². The number of hydrogen-bond donors (Lipinski definition) is 0. The number of hydrogen-bond acceptors (Lipinski definition) is 2. The quantitative estimate of drug-likeness (QED) is 0.174. The lowest BCUT2D eigenvalue weighted by Crippen LogP contribution is -2.45. The molecule has 59 heavy (non-hydrogen) atoms. The molecule has 1 spiro atoms. The fraction of sp³-hybridized carbons (Fsp3) is 0.0526. The van der Waals surface area contributed by atoms with Gasteiger partial charge in [-0.1, -0.05) is 188 Å². The summed E-state index contributed by atoms with van der Waals surface area (Å²) >= 11 is 0. The maximum Gasteiger partial charge on any atom is 0.132 e. The molecule has 3 aliphatic rings. The molecule has 3 unspecified atom stereocenters. The molecule has 2 nitrogen and oxygen atoms in total. The molecule has 3 atom stereocenters. The van der Waals surface area contributed by atoms with Crippen molar-refractivity contribution < 1.29 is 4.74 Å². The highest BCUT2D eigenvalue weighted by Crippen LogP contribution is 2.66. The number of benzene rings is 9. The van der Waals surface area contributed by atoms with Crippen LogP contribution in [0.2, 0.25) is 0 Å². The molecule has 1 heterocycles. The predicted octanol–water partition coefficient (Wildman–Crippen LogP) is 14.7. The lowest BCUT2D eigenvalue weighted by atomic mass is 9.58. The van der Waals surface area contributed by atoms with Gasteiger partial charge in [-0.2, -0.15) is 0 Å². The zero-order valence-electron chi connectivity index (χ0n) is 32.4. The number of rotatable bonds is 5. The standard InChI is InChI=1S/C57H39NO/c1-3-15-38(16-4-1)39-29-33-44(34-30-39)58(43-20-5-2-6-21-43)45-22-13-19-42(37-45)46-26-14-28-51-54(46)49-25-11-12-27-50(49)57(51)52-35-31-40-17-7-9-23-47(40)55(52)59-56-48-24-10-8-18-41(48)32-36-53(56)57/h1-37,52,55H. The first-order chi connectivity index (χ1) is 29.3. The van der Waals surface area contributed by atoms with Gasteiger partial charge in [-0.3, -0.25) is 0 Å². The lowest BCUT2D eigenvalue weighted by molar-refractivity contribution is 0.105. The van der Waals surface area contributed by atoms with Crippen molar-refractivity contribution in [2.75, 3.05) is 4.90 Å². The maximum absolute atomic E-state index is 7.31. The fourth-order valence-electron chi connectivity index (χ4n) is 10.4. The Kier molecular flexibility index (Phi) is 7.61. The van der Waals surface area contributed by atoms with E-state index in [1.54, 1.807) is 0 Å². The minimum Gasteiger partial charge on any atom is -0.484 e. The molecule has 0 aromatic heterocycles. The van der Waals surface area contributed by atoms with Gasteiger partial charge in [0.2, 0.25) is 0 Å². The molecule has 2 heteroatoms. The van der Waals surface area contributed by atoms with Gasteiger partial charge in [0.05, 0.1) is 5.41 Å². The van der Waals surface area contributed by atoms with E-state index in [-0.39, 0.29) is 12.0 Å². The minimum absolute atomic E-state index is 0.0301. The van der Waals surface area contributed by atoms with Crippen molar-refractivity contribution in [2.24, 2.45) is 5.92 Å². The topological polar surface area (TPSA) is 12.5 Å². The van der Waals surface area contributed by atoms with Crippen molar-refractivity contribution in [3.63, 3.8) is 0 Å². The van der Waals surface area contributed by atoms with Crippen molar-refractivity contribution in [3.05, 3.63) is 246 Å². The second-order valence-electron chi connectivity index (χ2n) is 15.9. The Balaban J connectivity index is 1.07. The van der Waals surface area contributed by atoms with Gasteiger partial charge in [0.25, 0.3) is 0 Å². The van der Waals surface area contributed by atoms with Gasteiger partial charge >= 0.3 is 0 Å². The van der Waals surface area contributed by atoms with Gasteiger partial charge in [0, 0.05) is 39.5 Å². The maximum atomic E-state index is 7.31. The van der Waals surface area contributed by atoms with Gasteiger partial charge in [-0.25, -0.2) is 0 Å². The molecule has 9 aromatic carbocycles. The first-order valence-corrected chi connectivity index (χ1v) is 20.6. The van der Waals surface area contributed by atoms with E-state index in [0.29, 0.717) is 0 Å². The van der Waals surface area contributed by atoms with E-state index in [4.69, 9.17) is 4.74 Å². The highest BCUT2D eigenvalue weighted by atomic mass is 16.5. The summed E-state index contributed by atoms with van der Waals surface area (Å²) in [5.41, 5.74) is 16.6. The highest BCUT2D eigenvalue weighted by Gasteiger charge is 2.57. The summed E-state index contributed by atoms with van der Waals surface area (Å²) in [7, 11) is 0. The van der Waals surface area contributed by atoms with Gasteiger partial charge in [0.15, 0.2) is 0 Å². The van der Waals surface area contributed by atoms with Crippen LogP contribution in [0, 0.1) is 5.92 Å².